The molecule has 0 aliphatic heterocycles. The minimum atomic E-state index is -1.42. The number of carbonyl (C=O) groups excluding carboxylic acids is 1. The molecule has 0 atom stereocenters. The molecule has 40 valence electrons. The Morgan fingerprint density at radius 1 is 1.57 bits per heavy atom. The van der Waals surface area contributed by atoms with Crippen molar-refractivity contribution in [3.63, 3.8) is 0 Å². The lowest BCUT2D eigenvalue weighted by Gasteiger charge is -2.26. The minimum absolute atomic E-state index is 0.413. The third kappa shape index (κ3) is 0.646. The van der Waals surface area contributed by atoms with Gasteiger partial charge < -0.3 is 0 Å². The molecule has 7 heavy (non-hydrogen) atoms. The van der Waals surface area contributed by atoms with E-state index in [9.17, 15) is 9.18 Å². The zero-order chi connectivity index (χ0) is 5.33. The molecule has 0 aromatic heterocycles. The van der Waals surface area contributed by atoms with E-state index < -0.39 is 5.67 Å². The van der Waals surface area contributed by atoms with Crippen molar-refractivity contribution in [2.24, 2.45) is 0 Å². The first-order valence-electron chi connectivity index (χ1n) is 2.42. The summed E-state index contributed by atoms with van der Waals surface area (Å²) < 4.78 is 12.3. The van der Waals surface area contributed by atoms with E-state index in [1.54, 1.807) is 0 Å². The fourth-order valence-corrected chi connectivity index (χ4v) is 0.632. The van der Waals surface area contributed by atoms with Gasteiger partial charge in [-0.3, -0.25) is 4.79 Å². The van der Waals surface area contributed by atoms with Crippen molar-refractivity contribution in [1.82, 2.24) is 0 Å². The van der Waals surface area contributed by atoms with E-state index in [-0.39, 0.29) is 0 Å². The third-order valence-corrected chi connectivity index (χ3v) is 1.40. The molecule has 0 spiro atoms. The van der Waals surface area contributed by atoms with Gasteiger partial charge in [-0.2, -0.15) is 0 Å². The van der Waals surface area contributed by atoms with Gasteiger partial charge in [0.25, 0.3) is 0 Å². The average molecular weight is 102 g/mol. The van der Waals surface area contributed by atoms with E-state index in [0.717, 1.165) is 6.42 Å². The molecule has 0 aromatic rings. The summed E-state index contributed by atoms with van der Waals surface area (Å²) in [6, 6.07) is 0. The maximum Gasteiger partial charge on any atom is 0.165 e. The van der Waals surface area contributed by atoms with Crippen molar-refractivity contribution >= 4 is 6.29 Å². The summed E-state index contributed by atoms with van der Waals surface area (Å²) in [5, 5.41) is 0. The van der Waals surface area contributed by atoms with Crippen LogP contribution in [0.4, 0.5) is 4.39 Å². The summed E-state index contributed by atoms with van der Waals surface area (Å²) in [5.74, 6) is 0. The number of hydrogen-bond acceptors (Lipinski definition) is 1. The smallest absolute Gasteiger partial charge is 0.165 e. The lowest BCUT2D eigenvalue weighted by molar-refractivity contribution is -0.122. The van der Waals surface area contributed by atoms with Crippen LogP contribution in [0.25, 0.3) is 0 Å². The molecule has 0 aromatic carbocycles. The van der Waals surface area contributed by atoms with E-state index in [0.29, 0.717) is 19.1 Å². The zero-order valence-electron chi connectivity index (χ0n) is 3.98. The highest BCUT2D eigenvalue weighted by atomic mass is 19.1. The molecule has 1 fully saturated rings. The second-order valence-corrected chi connectivity index (χ2v) is 2.01. The Kier molecular flexibility index (Phi) is 0.873. The summed E-state index contributed by atoms with van der Waals surface area (Å²) in [7, 11) is 0. The maximum atomic E-state index is 12.3. The molecule has 0 N–H and O–H groups in total. The summed E-state index contributed by atoms with van der Waals surface area (Å²) in [6.07, 6.45) is 2.17. The Hall–Kier alpha value is -0.400. The predicted octanol–water partition coefficient (Wildman–Crippen LogP) is 1.08. The van der Waals surface area contributed by atoms with Gasteiger partial charge in [-0.1, -0.05) is 0 Å². The van der Waals surface area contributed by atoms with Crippen LogP contribution in [0.2, 0.25) is 0 Å². The second kappa shape index (κ2) is 1.29. The second-order valence-electron chi connectivity index (χ2n) is 2.01. The van der Waals surface area contributed by atoms with Gasteiger partial charge in [0.2, 0.25) is 0 Å². The predicted molar refractivity (Wildman–Crippen MR) is 23.8 cm³/mol. The Bertz CT molecular complexity index is 86.1. The molecule has 1 aliphatic carbocycles. The van der Waals surface area contributed by atoms with Crippen LogP contribution in [-0.4, -0.2) is 12.0 Å². The number of carbonyl (C=O) groups is 1. The van der Waals surface area contributed by atoms with Crippen LogP contribution >= 0.6 is 0 Å². The number of halogens is 1. The molecular formula is C5H7FO. The molecule has 1 aliphatic rings. The van der Waals surface area contributed by atoms with Gasteiger partial charge in [0.15, 0.2) is 12.0 Å². The molecule has 0 bridgehead atoms. The zero-order valence-corrected chi connectivity index (χ0v) is 3.98. The van der Waals surface area contributed by atoms with Crippen molar-refractivity contribution in [3.8, 4) is 0 Å². The SMILES string of the molecule is O=CC1(F)CCC1. The number of hydrogen-bond donors (Lipinski definition) is 0. The van der Waals surface area contributed by atoms with Gasteiger partial charge in [-0.05, 0) is 19.3 Å². The Morgan fingerprint density at radius 2 is 2.14 bits per heavy atom. The van der Waals surface area contributed by atoms with Crippen molar-refractivity contribution < 1.29 is 9.18 Å². The highest BCUT2D eigenvalue weighted by Crippen LogP contribution is 2.33. The summed E-state index contributed by atoms with van der Waals surface area (Å²) in [5.41, 5.74) is -1.42. The van der Waals surface area contributed by atoms with Crippen molar-refractivity contribution in [2.75, 3.05) is 0 Å². The van der Waals surface area contributed by atoms with E-state index in [1.807, 2.05) is 0 Å². The molecule has 1 rings (SSSR count). The monoisotopic (exact) mass is 102 g/mol. The third-order valence-electron chi connectivity index (χ3n) is 1.40. The molecular weight excluding hydrogens is 95.1 g/mol. The normalized spacial score (nSPS) is 25.9. The standard InChI is InChI=1S/C5H7FO/c6-5(4-7)2-1-3-5/h4H,1-3H2. The Balaban J connectivity index is 2.43. The molecule has 0 amide bonds. The van der Waals surface area contributed by atoms with Gasteiger partial charge in [-0.15, -0.1) is 0 Å². The summed E-state index contributed by atoms with van der Waals surface area (Å²) in [4.78, 5) is 9.73. The summed E-state index contributed by atoms with van der Waals surface area (Å²) >= 11 is 0. The maximum absolute atomic E-state index is 12.3. The Morgan fingerprint density at radius 3 is 2.14 bits per heavy atom. The molecule has 1 saturated carbocycles. The topological polar surface area (TPSA) is 17.1 Å². The highest BCUT2D eigenvalue weighted by molar-refractivity contribution is 5.63. The number of rotatable bonds is 1. The van der Waals surface area contributed by atoms with Crippen LogP contribution in [0.3, 0.4) is 0 Å². The van der Waals surface area contributed by atoms with E-state index in [1.165, 1.54) is 0 Å². The van der Waals surface area contributed by atoms with Crippen molar-refractivity contribution in [1.29, 1.82) is 0 Å². The van der Waals surface area contributed by atoms with Crippen LogP contribution in [0.5, 0.6) is 0 Å². The van der Waals surface area contributed by atoms with Gasteiger partial charge in [0.05, 0.1) is 0 Å². The molecule has 0 radical (unpaired) electrons. The van der Waals surface area contributed by atoms with Crippen LogP contribution in [-0.2, 0) is 4.79 Å². The van der Waals surface area contributed by atoms with Gasteiger partial charge >= 0.3 is 0 Å². The highest BCUT2D eigenvalue weighted by Gasteiger charge is 2.36. The average Bonchev–Trinajstić information content (AvgIpc) is 1.61. The fraction of sp³-hybridized carbons (Fsp3) is 0.800. The van der Waals surface area contributed by atoms with E-state index in [4.69, 9.17) is 0 Å². The summed E-state index contributed by atoms with van der Waals surface area (Å²) in [6.45, 7) is 0. The van der Waals surface area contributed by atoms with E-state index >= 15 is 0 Å². The number of aldehydes is 1. The van der Waals surface area contributed by atoms with Crippen LogP contribution in [0, 0.1) is 0 Å². The van der Waals surface area contributed by atoms with Gasteiger partial charge in [0.1, 0.15) is 0 Å². The molecule has 0 saturated heterocycles. The van der Waals surface area contributed by atoms with Crippen LogP contribution in [0.1, 0.15) is 19.3 Å². The van der Waals surface area contributed by atoms with Gasteiger partial charge in [0, 0.05) is 0 Å². The molecule has 1 nitrogen and oxygen atoms in total. The largest absolute Gasteiger partial charge is 0.300 e. The van der Waals surface area contributed by atoms with Crippen molar-refractivity contribution in [3.05, 3.63) is 0 Å². The first kappa shape index (κ1) is 4.75. The molecule has 0 unspecified atom stereocenters. The Labute approximate surface area is 41.5 Å². The first-order valence-corrected chi connectivity index (χ1v) is 2.42. The minimum Gasteiger partial charge on any atom is -0.300 e. The fourth-order valence-electron chi connectivity index (χ4n) is 0.632. The lowest BCUT2D eigenvalue weighted by Crippen LogP contribution is -2.32. The first-order chi connectivity index (χ1) is 3.27. The molecule has 0 heterocycles. The quantitative estimate of drug-likeness (QED) is 0.453. The van der Waals surface area contributed by atoms with Crippen molar-refractivity contribution in [2.45, 2.75) is 24.9 Å². The number of alkyl halides is 1. The van der Waals surface area contributed by atoms with Crippen LogP contribution in [0.15, 0.2) is 0 Å². The van der Waals surface area contributed by atoms with Crippen LogP contribution < -0.4 is 0 Å². The molecule has 2 heteroatoms. The lowest BCUT2D eigenvalue weighted by atomic mass is 9.84. The van der Waals surface area contributed by atoms with E-state index in [2.05, 4.69) is 0 Å². The van der Waals surface area contributed by atoms with Gasteiger partial charge in [-0.25, -0.2) is 4.39 Å².